The number of alkyl halides is 1. The molecular weight excluding hydrogens is 333 g/mol. The number of rotatable bonds is 6. The van der Waals surface area contributed by atoms with Crippen LogP contribution in [0.15, 0.2) is 22.7 Å². The van der Waals surface area contributed by atoms with Crippen LogP contribution in [0.25, 0.3) is 0 Å². The normalized spacial score (nSPS) is 13.4. The highest BCUT2D eigenvalue weighted by Crippen LogP contribution is 2.26. The molecule has 0 aliphatic carbocycles. The third-order valence-electron chi connectivity index (χ3n) is 2.53. The number of carbonyl (C=O) groups is 2. The molecule has 20 heavy (non-hydrogen) atoms. The number of hydrogen-bond acceptors (Lipinski definition) is 3. The van der Waals surface area contributed by atoms with Gasteiger partial charge in [0.2, 0.25) is 0 Å². The average molecular weight is 348 g/mol. The summed E-state index contributed by atoms with van der Waals surface area (Å²) in [5.41, 5.74) is 1.02. The Morgan fingerprint density at radius 1 is 1.50 bits per heavy atom. The Kier molecular flexibility index (Phi) is 5.94. The van der Waals surface area contributed by atoms with Crippen molar-refractivity contribution in [1.29, 1.82) is 0 Å². The molecule has 0 fully saturated rings. The molecule has 0 saturated heterocycles. The highest BCUT2D eigenvalue weighted by atomic mass is 79.9. The molecule has 0 aliphatic rings. The van der Waals surface area contributed by atoms with Gasteiger partial charge in [-0.25, -0.2) is 9.18 Å². The molecule has 2 unspecified atom stereocenters. The molecule has 0 spiro atoms. The summed E-state index contributed by atoms with van der Waals surface area (Å²) in [6.07, 6.45) is -0.942. The Labute approximate surface area is 124 Å². The zero-order valence-corrected chi connectivity index (χ0v) is 12.6. The van der Waals surface area contributed by atoms with Crippen molar-refractivity contribution >= 4 is 27.8 Å². The molecule has 2 atom stereocenters. The predicted molar refractivity (Wildman–Crippen MR) is 74.5 cm³/mol. The van der Waals surface area contributed by atoms with Gasteiger partial charge in [-0.2, -0.15) is 0 Å². The van der Waals surface area contributed by atoms with Crippen LogP contribution in [-0.2, 0) is 9.59 Å². The summed E-state index contributed by atoms with van der Waals surface area (Å²) in [7, 11) is 0. The Balaban J connectivity index is 2.68. The lowest BCUT2D eigenvalue weighted by molar-refractivity contribution is -0.143. The molecule has 0 bridgehead atoms. The van der Waals surface area contributed by atoms with Gasteiger partial charge in [-0.3, -0.25) is 4.79 Å². The molecule has 110 valence electrons. The molecule has 0 aromatic heterocycles. The van der Waals surface area contributed by atoms with E-state index < -0.39 is 30.7 Å². The Hall–Kier alpha value is -1.63. The maximum Gasteiger partial charge on any atom is 0.328 e. The number of ether oxygens (including phenoxy) is 1. The number of halogens is 2. The van der Waals surface area contributed by atoms with Crippen LogP contribution in [0.5, 0.6) is 5.75 Å². The van der Waals surface area contributed by atoms with Crippen LogP contribution in [0.4, 0.5) is 4.39 Å². The monoisotopic (exact) mass is 347 g/mol. The van der Waals surface area contributed by atoms with Crippen molar-refractivity contribution in [3.05, 3.63) is 28.2 Å². The molecule has 1 aromatic rings. The summed E-state index contributed by atoms with van der Waals surface area (Å²) in [4.78, 5) is 22.4. The number of nitrogens with one attached hydrogen (secondary N) is 1. The molecular formula is C13H15BrFNO4. The summed E-state index contributed by atoms with van der Waals surface area (Å²) >= 11 is 3.30. The largest absolute Gasteiger partial charge is 0.480 e. The number of hydrogen-bond donors (Lipinski definition) is 2. The van der Waals surface area contributed by atoms with Crippen LogP contribution in [0.2, 0.25) is 0 Å². The second-order valence-corrected chi connectivity index (χ2v) is 5.10. The third kappa shape index (κ3) is 4.48. The number of carboxylic acids is 1. The van der Waals surface area contributed by atoms with E-state index in [0.29, 0.717) is 10.2 Å². The zero-order chi connectivity index (χ0) is 15.3. The summed E-state index contributed by atoms with van der Waals surface area (Å²) in [5.74, 6) is -1.67. The van der Waals surface area contributed by atoms with Crippen LogP contribution in [0.3, 0.4) is 0 Å². The summed E-state index contributed by atoms with van der Waals surface area (Å²) in [5, 5.41) is 10.7. The standard InChI is InChI=1S/C13H15BrFNO4/c1-7-3-4-11(9(14)5-7)20-8(2)12(17)16-10(6-15)13(18)19/h3-5,8,10H,6H2,1-2H3,(H,16,17)(H,18,19). The zero-order valence-electron chi connectivity index (χ0n) is 11.0. The molecule has 5 nitrogen and oxygen atoms in total. The number of aryl methyl sites for hydroxylation is 1. The van der Waals surface area contributed by atoms with Gasteiger partial charge in [0.25, 0.3) is 5.91 Å². The minimum absolute atomic E-state index is 0.449. The van der Waals surface area contributed by atoms with Crippen molar-refractivity contribution in [2.45, 2.75) is 26.0 Å². The number of amides is 1. The van der Waals surface area contributed by atoms with Crippen LogP contribution in [0.1, 0.15) is 12.5 Å². The number of aliphatic carboxylic acids is 1. The van der Waals surface area contributed by atoms with Crippen LogP contribution in [0, 0.1) is 6.92 Å². The predicted octanol–water partition coefficient (Wildman–Crippen LogP) is 2.06. The third-order valence-corrected chi connectivity index (χ3v) is 3.15. The summed E-state index contributed by atoms with van der Waals surface area (Å²) in [6.45, 7) is 2.18. The Morgan fingerprint density at radius 3 is 2.65 bits per heavy atom. The first-order chi connectivity index (χ1) is 9.35. The van der Waals surface area contributed by atoms with E-state index in [1.54, 1.807) is 6.07 Å². The smallest absolute Gasteiger partial charge is 0.328 e. The first-order valence-corrected chi connectivity index (χ1v) is 6.66. The van der Waals surface area contributed by atoms with Gasteiger partial charge in [-0.1, -0.05) is 6.07 Å². The molecule has 1 amide bonds. The quantitative estimate of drug-likeness (QED) is 0.825. The van der Waals surface area contributed by atoms with Crippen molar-refractivity contribution in [3.63, 3.8) is 0 Å². The van der Waals surface area contributed by atoms with E-state index in [1.807, 2.05) is 19.1 Å². The van der Waals surface area contributed by atoms with Crippen LogP contribution >= 0.6 is 15.9 Å². The SMILES string of the molecule is Cc1ccc(OC(C)C(=O)NC(CF)C(=O)O)c(Br)c1. The molecule has 7 heteroatoms. The van der Waals surface area contributed by atoms with Crippen molar-refractivity contribution in [2.75, 3.05) is 6.67 Å². The summed E-state index contributed by atoms with van der Waals surface area (Å²) < 4.78 is 18.5. The van der Waals surface area contributed by atoms with Gasteiger partial charge in [0.1, 0.15) is 12.4 Å². The number of carboxylic acid groups (broad SMARTS) is 1. The van der Waals surface area contributed by atoms with E-state index in [1.165, 1.54) is 6.92 Å². The minimum atomic E-state index is -1.56. The van der Waals surface area contributed by atoms with Crippen molar-refractivity contribution in [3.8, 4) is 5.75 Å². The van der Waals surface area contributed by atoms with Gasteiger partial charge in [0, 0.05) is 0 Å². The van der Waals surface area contributed by atoms with Gasteiger partial charge in [-0.15, -0.1) is 0 Å². The molecule has 0 radical (unpaired) electrons. The van der Waals surface area contributed by atoms with Crippen molar-refractivity contribution < 1.29 is 23.8 Å². The maximum atomic E-state index is 12.4. The lowest BCUT2D eigenvalue weighted by Gasteiger charge is -2.18. The average Bonchev–Trinajstić information content (AvgIpc) is 2.38. The number of carbonyl (C=O) groups excluding carboxylic acids is 1. The second kappa shape index (κ2) is 7.23. The highest BCUT2D eigenvalue weighted by molar-refractivity contribution is 9.10. The van der Waals surface area contributed by atoms with E-state index in [0.717, 1.165) is 5.56 Å². The second-order valence-electron chi connectivity index (χ2n) is 4.25. The number of benzene rings is 1. The van der Waals surface area contributed by atoms with Gasteiger partial charge in [0.05, 0.1) is 4.47 Å². The van der Waals surface area contributed by atoms with Crippen LogP contribution < -0.4 is 10.1 Å². The molecule has 0 saturated carbocycles. The van der Waals surface area contributed by atoms with Gasteiger partial charge < -0.3 is 15.2 Å². The maximum absolute atomic E-state index is 12.4. The van der Waals surface area contributed by atoms with Crippen molar-refractivity contribution in [1.82, 2.24) is 5.32 Å². The van der Waals surface area contributed by atoms with Gasteiger partial charge >= 0.3 is 5.97 Å². The molecule has 0 aliphatic heterocycles. The summed E-state index contributed by atoms with van der Waals surface area (Å²) in [6, 6.07) is 3.76. The first kappa shape index (κ1) is 16.4. The van der Waals surface area contributed by atoms with Crippen LogP contribution in [-0.4, -0.2) is 35.8 Å². The van der Waals surface area contributed by atoms with Crippen molar-refractivity contribution in [2.24, 2.45) is 0 Å². The molecule has 1 aromatic carbocycles. The highest BCUT2D eigenvalue weighted by Gasteiger charge is 2.24. The lowest BCUT2D eigenvalue weighted by Crippen LogP contribution is -2.47. The van der Waals surface area contributed by atoms with E-state index in [-0.39, 0.29) is 0 Å². The Bertz CT molecular complexity index is 509. The fourth-order valence-corrected chi connectivity index (χ4v) is 1.99. The molecule has 1 rings (SSSR count). The Morgan fingerprint density at radius 2 is 2.15 bits per heavy atom. The van der Waals surface area contributed by atoms with E-state index in [9.17, 15) is 14.0 Å². The van der Waals surface area contributed by atoms with E-state index >= 15 is 0 Å². The van der Waals surface area contributed by atoms with E-state index in [2.05, 4.69) is 21.2 Å². The fraction of sp³-hybridized carbons (Fsp3) is 0.385. The first-order valence-electron chi connectivity index (χ1n) is 5.87. The van der Waals surface area contributed by atoms with Gasteiger partial charge in [-0.05, 0) is 47.5 Å². The molecule has 0 heterocycles. The minimum Gasteiger partial charge on any atom is -0.480 e. The molecule has 2 N–H and O–H groups in total. The van der Waals surface area contributed by atoms with E-state index in [4.69, 9.17) is 9.84 Å². The van der Waals surface area contributed by atoms with Gasteiger partial charge in [0.15, 0.2) is 12.1 Å². The fourth-order valence-electron chi connectivity index (χ4n) is 1.40. The lowest BCUT2D eigenvalue weighted by atomic mass is 10.2. The topological polar surface area (TPSA) is 75.6 Å².